The number of hydrogen-bond acceptors (Lipinski definition) is 6. The summed E-state index contributed by atoms with van der Waals surface area (Å²) in [6, 6.07) is 9.89. The Morgan fingerprint density at radius 1 is 1.27 bits per heavy atom. The molecule has 0 bridgehead atoms. The maximum absolute atomic E-state index is 11.9. The number of rotatable bonds is 5. The molecule has 1 aromatic carbocycles. The predicted octanol–water partition coefficient (Wildman–Crippen LogP) is 2.78. The van der Waals surface area contributed by atoms with Gasteiger partial charge in [-0.1, -0.05) is 30.3 Å². The molecule has 2 aromatic heterocycles. The number of nitrogen functional groups attached to an aromatic ring is 1. The van der Waals surface area contributed by atoms with E-state index in [1.165, 1.54) is 0 Å². The van der Waals surface area contributed by atoms with Crippen LogP contribution in [0.4, 0.5) is 5.82 Å². The third-order valence-electron chi connectivity index (χ3n) is 4.46. The Hall–Kier alpha value is -3.22. The molecule has 2 heterocycles. The molecule has 3 aromatic rings. The van der Waals surface area contributed by atoms with Gasteiger partial charge in [-0.15, -0.1) is 0 Å². The van der Waals surface area contributed by atoms with Gasteiger partial charge in [0.25, 0.3) is 0 Å². The fraction of sp³-hybridized carbons (Fsp3) is 0.263. The van der Waals surface area contributed by atoms with Crippen molar-refractivity contribution in [2.75, 3.05) is 12.3 Å². The summed E-state index contributed by atoms with van der Waals surface area (Å²) in [5.41, 5.74) is 9.15. The molecule has 0 spiro atoms. The number of ether oxygens (including phenoxy) is 1. The van der Waals surface area contributed by atoms with Crippen molar-refractivity contribution in [2.24, 2.45) is 5.92 Å². The van der Waals surface area contributed by atoms with Crippen LogP contribution in [0, 0.1) is 5.92 Å². The van der Waals surface area contributed by atoms with Gasteiger partial charge in [-0.25, -0.2) is 15.0 Å². The van der Waals surface area contributed by atoms with Gasteiger partial charge in [0.1, 0.15) is 5.69 Å². The van der Waals surface area contributed by atoms with Crippen LogP contribution in [-0.4, -0.2) is 32.5 Å². The molecule has 7 heteroatoms. The van der Waals surface area contributed by atoms with Gasteiger partial charge >= 0.3 is 5.97 Å². The van der Waals surface area contributed by atoms with Gasteiger partial charge in [0, 0.05) is 5.92 Å². The smallest absolute Gasteiger partial charge is 0.309 e. The van der Waals surface area contributed by atoms with Crippen LogP contribution in [0.15, 0.2) is 42.7 Å². The minimum Gasteiger partial charge on any atom is -0.466 e. The number of nitrogens with two attached hydrogens (primary N) is 1. The van der Waals surface area contributed by atoms with E-state index in [-0.39, 0.29) is 17.8 Å². The fourth-order valence-electron chi connectivity index (χ4n) is 3.00. The Morgan fingerprint density at radius 2 is 2.08 bits per heavy atom. The summed E-state index contributed by atoms with van der Waals surface area (Å²) in [5.74, 6) is 0.573. The van der Waals surface area contributed by atoms with E-state index in [0.29, 0.717) is 23.9 Å². The Kier molecular flexibility index (Phi) is 4.12. The first kappa shape index (κ1) is 16.3. The van der Waals surface area contributed by atoms with Crippen molar-refractivity contribution in [3.8, 4) is 22.8 Å². The molecule has 1 aliphatic carbocycles. The first-order valence-corrected chi connectivity index (χ1v) is 8.57. The van der Waals surface area contributed by atoms with Crippen molar-refractivity contribution in [3.63, 3.8) is 0 Å². The highest BCUT2D eigenvalue weighted by Crippen LogP contribution is 2.47. The molecule has 1 saturated carbocycles. The summed E-state index contributed by atoms with van der Waals surface area (Å²) >= 11 is 0. The SMILES string of the molecule is CCOC(=O)C1CC1c1cnc(N)c(-c2ncc(-c3ccccc3)[nH]2)n1. The van der Waals surface area contributed by atoms with Gasteiger partial charge in [0.05, 0.1) is 36.3 Å². The minimum absolute atomic E-state index is 0.0319. The fourth-order valence-corrected chi connectivity index (χ4v) is 3.00. The number of carbonyl (C=O) groups is 1. The molecule has 2 unspecified atom stereocenters. The Bertz CT molecular complexity index is 938. The minimum atomic E-state index is -0.179. The molecule has 0 aliphatic heterocycles. The lowest BCUT2D eigenvalue weighted by Gasteiger charge is -2.05. The molecule has 132 valence electrons. The number of aromatic nitrogens is 4. The molecular weight excluding hydrogens is 330 g/mol. The number of anilines is 1. The van der Waals surface area contributed by atoms with Crippen molar-refractivity contribution in [1.29, 1.82) is 0 Å². The number of nitrogens with zero attached hydrogens (tertiary/aromatic N) is 3. The Labute approximate surface area is 150 Å². The van der Waals surface area contributed by atoms with Crippen molar-refractivity contribution in [1.82, 2.24) is 19.9 Å². The molecule has 4 rings (SSSR count). The molecule has 1 aliphatic rings. The van der Waals surface area contributed by atoms with Gasteiger partial charge in [0.15, 0.2) is 11.6 Å². The van der Waals surface area contributed by atoms with Crippen LogP contribution < -0.4 is 5.73 Å². The van der Waals surface area contributed by atoms with E-state index in [1.807, 2.05) is 30.3 Å². The van der Waals surface area contributed by atoms with Crippen LogP contribution in [0.1, 0.15) is 25.0 Å². The van der Waals surface area contributed by atoms with Crippen LogP contribution in [0.5, 0.6) is 0 Å². The first-order chi connectivity index (χ1) is 12.7. The lowest BCUT2D eigenvalue weighted by Crippen LogP contribution is -2.08. The third kappa shape index (κ3) is 3.03. The molecule has 0 amide bonds. The second-order valence-electron chi connectivity index (χ2n) is 6.24. The number of hydrogen-bond donors (Lipinski definition) is 2. The van der Waals surface area contributed by atoms with Gasteiger partial charge in [-0.3, -0.25) is 4.79 Å². The number of nitrogens with one attached hydrogen (secondary N) is 1. The zero-order valence-electron chi connectivity index (χ0n) is 14.3. The second kappa shape index (κ2) is 6.59. The van der Waals surface area contributed by atoms with E-state index in [2.05, 4.69) is 19.9 Å². The molecule has 1 fully saturated rings. The summed E-state index contributed by atoms with van der Waals surface area (Å²) in [6.07, 6.45) is 4.10. The van der Waals surface area contributed by atoms with Crippen molar-refractivity contribution < 1.29 is 9.53 Å². The predicted molar refractivity (Wildman–Crippen MR) is 96.9 cm³/mol. The van der Waals surface area contributed by atoms with Gasteiger partial charge in [-0.2, -0.15) is 0 Å². The number of carbonyl (C=O) groups excluding carboxylic acids is 1. The lowest BCUT2D eigenvalue weighted by atomic mass is 10.2. The zero-order valence-corrected chi connectivity index (χ0v) is 14.3. The number of H-pyrrole nitrogens is 1. The van der Waals surface area contributed by atoms with Crippen LogP contribution in [0.2, 0.25) is 0 Å². The van der Waals surface area contributed by atoms with E-state index in [1.54, 1.807) is 19.3 Å². The van der Waals surface area contributed by atoms with Crippen molar-refractivity contribution >= 4 is 11.8 Å². The highest BCUT2D eigenvalue weighted by Gasteiger charge is 2.46. The standard InChI is InChI=1S/C19H19N5O2/c1-2-26-19(25)13-8-12(13)15-10-21-17(20)16(23-15)18-22-9-14(24-18)11-6-4-3-5-7-11/h3-7,9-10,12-13H,2,8H2,1H3,(H2,20,21)(H,22,24). The first-order valence-electron chi connectivity index (χ1n) is 8.57. The Balaban J connectivity index is 1.60. The van der Waals surface area contributed by atoms with Gasteiger partial charge in [0.2, 0.25) is 0 Å². The lowest BCUT2D eigenvalue weighted by molar-refractivity contribution is -0.144. The number of imidazole rings is 1. The molecule has 0 radical (unpaired) electrons. The highest BCUT2D eigenvalue weighted by atomic mass is 16.5. The molecule has 0 saturated heterocycles. The third-order valence-corrected chi connectivity index (χ3v) is 4.46. The monoisotopic (exact) mass is 349 g/mol. The maximum atomic E-state index is 11.9. The van der Waals surface area contributed by atoms with Crippen molar-refractivity contribution in [2.45, 2.75) is 19.3 Å². The Morgan fingerprint density at radius 3 is 2.85 bits per heavy atom. The largest absolute Gasteiger partial charge is 0.466 e. The van der Waals surface area contributed by atoms with Crippen LogP contribution >= 0.6 is 0 Å². The van der Waals surface area contributed by atoms with Gasteiger partial charge < -0.3 is 15.5 Å². The average molecular weight is 349 g/mol. The highest BCUT2D eigenvalue weighted by molar-refractivity contribution is 5.77. The number of benzene rings is 1. The van der Waals surface area contributed by atoms with Crippen LogP contribution in [0.25, 0.3) is 22.8 Å². The molecule has 2 atom stereocenters. The quantitative estimate of drug-likeness (QED) is 0.686. The maximum Gasteiger partial charge on any atom is 0.309 e. The van der Waals surface area contributed by atoms with E-state index < -0.39 is 0 Å². The zero-order chi connectivity index (χ0) is 18.1. The number of aromatic amines is 1. The summed E-state index contributed by atoms with van der Waals surface area (Å²) < 4.78 is 5.08. The average Bonchev–Trinajstić information content (AvgIpc) is 3.32. The topological polar surface area (TPSA) is 107 Å². The summed E-state index contributed by atoms with van der Waals surface area (Å²) in [5, 5.41) is 0. The van der Waals surface area contributed by atoms with Crippen LogP contribution in [0.3, 0.4) is 0 Å². The van der Waals surface area contributed by atoms with E-state index in [9.17, 15) is 4.79 Å². The van der Waals surface area contributed by atoms with E-state index in [4.69, 9.17) is 10.5 Å². The van der Waals surface area contributed by atoms with Crippen molar-refractivity contribution in [3.05, 3.63) is 48.4 Å². The summed E-state index contributed by atoms with van der Waals surface area (Å²) in [6.45, 7) is 2.19. The van der Waals surface area contributed by atoms with E-state index >= 15 is 0 Å². The van der Waals surface area contributed by atoms with Crippen LogP contribution in [-0.2, 0) is 9.53 Å². The molecular formula is C19H19N5O2. The molecule has 3 N–H and O–H groups in total. The van der Waals surface area contributed by atoms with Gasteiger partial charge in [-0.05, 0) is 18.9 Å². The summed E-state index contributed by atoms with van der Waals surface area (Å²) in [4.78, 5) is 28.4. The molecule has 26 heavy (non-hydrogen) atoms. The van der Waals surface area contributed by atoms with E-state index in [0.717, 1.165) is 23.4 Å². The normalized spacial score (nSPS) is 18.5. The molecule has 7 nitrogen and oxygen atoms in total. The summed E-state index contributed by atoms with van der Waals surface area (Å²) in [7, 11) is 0. The number of esters is 1. The second-order valence-corrected chi connectivity index (χ2v) is 6.24.